The van der Waals surface area contributed by atoms with Crippen molar-refractivity contribution < 1.29 is 14.0 Å². The minimum atomic E-state index is -0.471. The highest BCUT2D eigenvalue weighted by molar-refractivity contribution is 6.27. The molecule has 17 heavy (non-hydrogen) atoms. The van der Waals surface area contributed by atoms with Gasteiger partial charge in [-0.15, -0.1) is 11.6 Å². The third-order valence-electron chi connectivity index (χ3n) is 2.02. The molecule has 1 rings (SSSR count). The second-order valence-electron chi connectivity index (χ2n) is 3.36. The van der Waals surface area contributed by atoms with Crippen molar-refractivity contribution in [3.8, 4) is 0 Å². The number of hydrogen-bond acceptors (Lipinski definition) is 2. The fourth-order valence-corrected chi connectivity index (χ4v) is 1.21. The number of halogens is 2. The van der Waals surface area contributed by atoms with E-state index < -0.39 is 5.91 Å². The van der Waals surface area contributed by atoms with Crippen molar-refractivity contribution in [3.05, 3.63) is 35.6 Å². The van der Waals surface area contributed by atoms with Crippen LogP contribution in [0.15, 0.2) is 24.3 Å². The molecule has 0 fully saturated rings. The summed E-state index contributed by atoms with van der Waals surface area (Å²) in [6.07, 6.45) is 0.678. The Labute approximate surface area is 103 Å². The minimum absolute atomic E-state index is 0.203. The Balaban J connectivity index is 2.28. The van der Waals surface area contributed by atoms with E-state index in [2.05, 4.69) is 10.9 Å². The maximum Gasteiger partial charge on any atom is 0.253 e. The Morgan fingerprint density at radius 2 is 1.71 bits per heavy atom. The molecule has 4 nitrogen and oxygen atoms in total. The Hall–Kier alpha value is -1.62. The van der Waals surface area contributed by atoms with Crippen molar-refractivity contribution in [2.75, 3.05) is 5.88 Å². The smallest absolute Gasteiger partial charge is 0.253 e. The zero-order chi connectivity index (χ0) is 12.7. The second kappa shape index (κ2) is 6.85. The molecule has 0 aliphatic carbocycles. The van der Waals surface area contributed by atoms with Crippen LogP contribution >= 0.6 is 11.6 Å². The van der Waals surface area contributed by atoms with Gasteiger partial charge in [0.2, 0.25) is 5.91 Å². The van der Waals surface area contributed by atoms with E-state index >= 15 is 0 Å². The standard InChI is InChI=1S/C11H12ClFN2O2/c12-7-11(17)15-14-10(16)6-3-8-1-4-9(13)5-2-8/h1-2,4-5H,3,6-7H2,(H,14,16)(H,15,17). The van der Waals surface area contributed by atoms with Crippen LogP contribution in [0, 0.1) is 5.82 Å². The van der Waals surface area contributed by atoms with Crippen LogP contribution in [0.2, 0.25) is 0 Å². The number of amides is 2. The van der Waals surface area contributed by atoms with Gasteiger partial charge < -0.3 is 0 Å². The second-order valence-corrected chi connectivity index (χ2v) is 3.62. The maximum atomic E-state index is 12.6. The van der Waals surface area contributed by atoms with Gasteiger partial charge in [-0.2, -0.15) is 0 Å². The molecule has 0 saturated carbocycles. The number of hydrogen-bond donors (Lipinski definition) is 2. The lowest BCUT2D eigenvalue weighted by atomic mass is 10.1. The van der Waals surface area contributed by atoms with Gasteiger partial charge in [0.25, 0.3) is 5.91 Å². The number of rotatable bonds is 4. The highest BCUT2D eigenvalue weighted by Gasteiger charge is 2.04. The van der Waals surface area contributed by atoms with Crippen LogP contribution in [0.1, 0.15) is 12.0 Å². The minimum Gasteiger partial charge on any atom is -0.273 e. The van der Waals surface area contributed by atoms with E-state index in [0.717, 1.165) is 5.56 Å². The molecule has 0 radical (unpaired) electrons. The fraction of sp³-hybridized carbons (Fsp3) is 0.273. The molecular weight excluding hydrogens is 247 g/mol. The summed E-state index contributed by atoms with van der Waals surface area (Å²) in [5.41, 5.74) is 5.22. The molecule has 0 spiro atoms. The molecule has 0 unspecified atom stereocenters. The lowest BCUT2D eigenvalue weighted by molar-refractivity contribution is -0.127. The predicted molar refractivity (Wildman–Crippen MR) is 61.7 cm³/mol. The highest BCUT2D eigenvalue weighted by atomic mass is 35.5. The average molecular weight is 259 g/mol. The molecule has 0 aliphatic rings. The Morgan fingerprint density at radius 1 is 1.12 bits per heavy atom. The first-order valence-corrected chi connectivity index (χ1v) is 5.53. The van der Waals surface area contributed by atoms with Gasteiger partial charge in [0.15, 0.2) is 0 Å². The molecule has 1 aromatic carbocycles. The molecule has 0 aliphatic heterocycles. The molecular formula is C11H12ClFN2O2. The molecule has 2 N–H and O–H groups in total. The van der Waals surface area contributed by atoms with Crippen LogP contribution in [0.4, 0.5) is 4.39 Å². The lowest BCUT2D eigenvalue weighted by Gasteiger charge is -2.05. The summed E-state index contributed by atoms with van der Waals surface area (Å²) >= 11 is 5.22. The molecule has 0 atom stereocenters. The Morgan fingerprint density at radius 3 is 2.29 bits per heavy atom. The van der Waals surface area contributed by atoms with Crippen molar-refractivity contribution in [2.24, 2.45) is 0 Å². The van der Waals surface area contributed by atoms with Crippen LogP contribution in [0.5, 0.6) is 0 Å². The normalized spacial score (nSPS) is 9.76. The average Bonchev–Trinajstić information content (AvgIpc) is 2.35. The van der Waals surface area contributed by atoms with E-state index in [1.54, 1.807) is 12.1 Å². The van der Waals surface area contributed by atoms with Gasteiger partial charge in [-0.25, -0.2) is 4.39 Å². The fourth-order valence-electron chi connectivity index (χ4n) is 1.14. The molecule has 0 saturated heterocycles. The first kappa shape index (κ1) is 13.4. The highest BCUT2D eigenvalue weighted by Crippen LogP contribution is 2.05. The molecule has 2 amide bonds. The van der Waals surface area contributed by atoms with Gasteiger partial charge in [0.1, 0.15) is 11.7 Å². The molecule has 6 heteroatoms. The van der Waals surface area contributed by atoms with Gasteiger partial charge in [-0.05, 0) is 24.1 Å². The summed E-state index contributed by atoms with van der Waals surface area (Å²) in [5, 5.41) is 0. The molecule has 1 aromatic rings. The van der Waals surface area contributed by atoms with Gasteiger partial charge in [0.05, 0.1) is 0 Å². The Kier molecular flexibility index (Phi) is 5.42. The Bertz CT molecular complexity index is 395. The van der Waals surface area contributed by atoms with E-state index in [1.807, 2.05) is 0 Å². The summed E-state index contributed by atoms with van der Waals surface area (Å²) in [4.78, 5) is 22.0. The summed E-state index contributed by atoms with van der Waals surface area (Å²) in [5.74, 6) is -1.32. The number of carbonyl (C=O) groups is 2. The number of alkyl halides is 1. The predicted octanol–water partition coefficient (Wildman–Crippen LogP) is 1.14. The van der Waals surface area contributed by atoms with Crippen LogP contribution in [0.25, 0.3) is 0 Å². The lowest BCUT2D eigenvalue weighted by Crippen LogP contribution is -2.42. The van der Waals surface area contributed by atoms with Crippen LogP contribution in [0.3, 0.4) is 0 Å². The summed E-state index contributed by atoms with van der Waals surface area (Å²) in [6, 6.07) is 5.89. The van der Waals surface area contributed by atoms with Gasteiger partial charge in [-0.3, -0.25) is 20.4 Å². The summed E-state index contributed by atoms with van der Waals surface area (Å²) in [7, 11) is 0. The van der Waals surface area contributed by atoms with E-state index in [1.165, 1.54) is 12.1 Å². The number of carbonyl (C=O) groups excluding carboxylic acids is 2. The van der Waals surface area contributed by atoms with Crippen LogP contribution in [-0.4, -0.2) is 17.7 Å². The quantitative estimate of drug-likeness (QED) is 0.629. The molecule has 92 valence electrons. The van der Waals surface area contributed by atoms with E-state index in [0.29, 0.717) is 6.42 Å². The number of hydrazine groups is 1. The maximum absolute atomic E-state index is 12.6. The largest absolute Gasteiger partial charge is 0.273 e. The zero-order valence-electron chi connectivity index (χ0n) is 9.00. The number of nitrogens with one attached hydrogen (secondary N) is 2. The molecule has 0 heterocycles. The van der Waals surface area contributed by atoms with Crippen molar-refractivity contribution in [3.63, 3.8) is 0 Å². The summed E-state index contributed by atoms with van der Waals surface area (Å²) < 4.78 is 12.6. The van der Waals surface area contributed by atoms with Crippen LogP contribution in [-0.2, 0) is 16.0 Å². The monoisotopic (exact) mass is 258 g/mol. The molecule has 0 bridgehead atoms. The van der Waals surface area contributed by atoms with Crippen LogP contribution < -0.4 is 10.9 Å². The van der Waals surface area contributed by atoms with Crippen molar-refractivity contribution in [1.29, 1.82) is 0 Å². The van der Waals surface area contributed by atoms with Crippen molar-refractivity contribution in [2.45, 2.75) is 12.8 Å². The van der Waals surface area contributed by atoms with Gasteiger partial charge in [0, 0.05) is 6.42 Å². The third-order valence-corrected chi connectivity index (χ3v) is 2.26. The zero-order valence-corrected chi connectivity index (χ0v) is 9.76. The van der Waals surface area contributed by atoms with Crippen molar-refractivity contribution in [1.82, 2.24) is 10.9 Å². The first-order chi connectivity index (χ1) is 8.11. The SMILES string of the molecule is O=C(CCl)NNC(=O)CCc1ccc(F)cc1. The number of benzene rings is 1. The topological polar surface area (TPSA) is 58.2 Å². The van der Waals surface area contributed by atoms with E-state index in [-0.39, 0.29) is 24.0 Å². The van der Waals surface area contributed by atoms with E-state index in [4.69, 9.17) is 11.6 Å². The van der Waals surface area contributed by atoms with Crippen molar-refractivity contribution >= 4 is 23.4 Å². The first-order valence-electron chi connectivity index (χ1n) is 5.00. The number of aryl methyl sites for hydroxylation is 1. The van der Waals surface area contributed by atoms with E-state index in [9.17, 15) is 14.0 Å². The molecule has 0 aromatic heterocycles. The van der Waals surface area contributed by atoms with Gasteiger partial charge in [-0.1, -0.05) is 12.1 Å². The summed E-state index contributed by atoms with van der Waals surface area (Å²) in [6.45, 7) is 0. The van der Waals surface area contributed by atoms with Gasteiger partial charge >= 0.3 is 0 Å². The third kappa shape index (κ3) is 5.31.